The van der Waals surface area contributed by atoms with Crippen LogP contribution in [0, 0.1) is 4.64 Å². The summed E-state index contributed by atoms with van der Waals surface area (Å²) in [5, 5.41) is 0. The van der Waals surface area contributed by atoms with Crippen molar-refractivity contribution in [2.45, 2.75) is 6.42 Å². The lowest BCUT2D eigenvalue weighted by Gasteiger charge is -2.09. The van der Waals surface area contributed by atoms with E-state index in [4.69, 9.17) is 12.2 Å². The molecule has 1 N–H and O–H groups in total. The van der Waals surface area contributed by atoms with Crippen LogP contribution in [0.5, 0.6) is 0 Å². The first-order chi connectivity index (χ1) is 10.2. The van der Waals surface area contributed by atoms with Crippen molar-refractivity contribution in [1.29, 1.82) is 0 Å². The Labute approximate surface area is 136 Å². The molecule has 0 saturated heterocycles. The van der Waals surface area contributed by atoms with Gasteiger partial charge in [-0.2, -0.15) is 0 Å². The van der Waals surface area contributed by atoms with Gasteiger partial charge in [0.15, 0.2) is 0 Å². The quantitative estimate of drug-likeness (QED) is 0.698. The van der Waals surface area contributed by atoms with Gasteiger partial charge in [-0.3, -0.25) is 4.98 Å². The lowest BCUT2D eigenvalue weighted by Crippen LogP contribution is -2.00. The molecule has 0 bridgehead atoms. The Hall–Kier alpha value is -1.85. The Morgan fingerprint density at radius 3 is 2.48 bits per heavy atom. The highest BCUT2D eigenvalue weighted by Gasteiger charge is 2.09. The van der Waals surface area contributed by atoms with Crippen LogP contribution >= 0.6 is 28.1 Å². The molecule has 2 heterocycles. The maximum atomic E-state index is 5.35. The van der Waals surface area contributed by atoms with E-state index >= 15 is 0 Å². The lowest BCUT2D eigenvalue weighted by atomic mass is 10.1. The fourth-order valence-corrected chi connectivity index (χ4v) is 2.72. The van der Waals surface area contributed by atoms with E-state index in [1.54, 1.807) is 12.4 Å². The van der Waals surface area contributed by atoms with Gasteiger partial charge >= 0.3 is 0 Å². The molecule has 0 spiro atoms. The molecule has 0 unspecified atom stereocenters. The van der Waals surface area contributed by atoms with Crippen LogP contribution in [0.2, 0.25) is 0 Å². The number of benzene rings is 1. The van der Waals surface area contributed by atoms with E-state index in [0.29, 0.717) is 11.1 Å². The molecule has 0 aliphatic carbocycles. The highest BCUT2D eigenvalue weighted by Crippen LogP contribution is 2.27. The van der Waals surface area contributed by atoms with Gasteiger partial charge in [-0.25, -0.2) is 4.98 Å². The minimum absolute atomic E-state index is 0.566. The largest absolute Gasteiger partial charge is 0.342 e. The van der Waals surface area contributed by atoms with E-state index in [1.165, 1.54) is 0 Å². The zero-order valence-corrected chi connectivity index (χ0v) is 13.5. The van der Waals surface area contributed by atoms with Gasteiger partial charge in [0.1, 0.15) is 10.5 Å². The lowest BCUT2D eigenvalue weighted by molar-refractivity contribution is 0.955. The molecule has 0 aliphatic heterocycles. The molecule has 5 heteroatoms. The number of H-pyrrole nitrogens is 1. The van der Waals surface area contributed by atoms with Crippen molar-refractivity contribution in [1.82, 2.24) is 15.0 Å². The third-order valence-corrected chi connectivity index (χ3v) is 4.43. The van der Waals surface area contributed by atoms with Crippen LogP contribution in [-0.4, -0.2) is 15.0 Å². The number of aromatic amines is 1. The molecule has 0 fully saturated rings. The number of hydrogen-bond donors (Lipinski definition) is 1. The molecule has 21 heavy (non-hydrogen) atoms. The number of nitrogens with zero attached hydrogens (tertiary/aromatic N) is 2. The molecular weight excluding hydrogens is 346 g/mol. The van der Waals surface area contributed by atoms with Crippen LogP contribution in [-0.2, 0) is 6.42 Å². The Kier molecular flexibility index (Phi) is 4.22. The SMILES string of the molecule is S=c1nc(Cc2ccncc2)[nH]c(-c2ccccc2)c1Br. The van der Waals surface area contributed by atoms with Crippen molar-refractivity contribution >= 4 is 28.1 Å². The van der Waals surface area contributed by atoms with Gasteiger partial charge in [0, 0.05) is 18.8 Å². The normalized spacial score (nSPS) is 10.5. The van der Waals surface area contributed by atoms with E-state index in [9.17, 15) is 0 Å². The zero-order chi connectivity index (χ0) is 14.7. The van der Waals surface area contributed by atoms with Crippen LogP contribution in [0.25, 0.3) is 11.3 Å². The first-order valence-corrected chi connectivity index (χ1v) is 7.67. The van der Waals surface area contributed by atoms with Crippen LogP contribution in [0.1, 0.15) is 11.4 Å². The number of pyridine rings is 1. The van der Waals surface area contributed by atoms with Crippen LogP contribution in [0.3, 0.4) is 0 Å². The van der Waals surface area contributed by atoms with Gasteiger partial charge in [0.05, 0.1) is 10.2 Å². The van der Waals surface area contributed by atoms with E-state index in [2.05, 4.69) is 30.9 Å². The Balaban J connectivity index is 2.04. The Bertz CT molecular complexity index is 801. The highest BCUT2D eigenvalue weighted by atomic mass is 79.9. The van der Waals surface area contributed by atoms with Crippen molar-refractivity contribution in [3.8, 4) is 11.3 Å². The Morgan fingerprint density at radius 2 is 1.76 bits per heavy atom. The second-order valence-electron chi connectivity index (χ2n) is 4.58. The maximum Gasteiger partial charge on any atom is 0.144 e. The summed E-state index contributed by atoms with van der Waals surface area (Å²) in [4.78, 5) is 11.8. The number of nitrogens with one attached hydrogen (secondary N) is 1. The van der Waals surface area contributed by atoms with Gasteiger partial charge < -0.3 is 4.98 Å². The number of hydrogen-bond acceptors (Lipinski definition) is 3. The molecule has 3 nitrogen and oxygen atoms in total. The molecule has 0 saturated carbocycles. The van der Waals surface area contributed by atoms with Gasteiger partial charge in [-0.1, -0.05) is 42.5 Å². The highest BCUT2D eigenvalue weighted by molar-refractivity contribution is 9.10. The van der Waals surface area contributed by atoms with Crippen molar-refractivity contribution < 1.29 is 0 Å². The van der Waals surface area contributed by atoms with Crippen molar-refractivity contribution in [2.24, 2.45) is 0 Å². The smallest absolute Gasteiger partial charge is 0.144 e. The van der Waals surface area contributed by atoms with Crippen molar-refractivity contribution in [2.75, 3.05) is 0 Å². The van der Waals surface area contributed by atoms with Crippen LogP contribution in [0.4, 0.5) is 0 Å². The van der Waals surface area contributed by atoms with E-state index in [1.807, 2.05) is 42.5 Å². The van der Waals surface area contributed by atoms with Crippen LogP contribution < -0.4 is 0 Å². The predicted octanol–water partition coefficient (Wildman–Crippen LogP) is 4.55. The average molecular weight is 358 g/mol. The summed E-state index contributed by atoms with van der Waals surface area (Å²) in [7, 11) is 0. The molecule has 3 rings (SSSR count). The summed E-state index contributed by atoms with van der Waals surface area (Å²) in [6.07, 6.45) is 4.25. The van der Waals surface area contributed by atoms with Gasteiger partial charge in [0.2, 0.25) is 0 Å². The molecule has 0 aliphatic rings. The summed E-state index contributed by atoms with van der Waals surface area (Å²) >= 11 is 8.88. The summed E-state index contributed by atoms with van der Waals surface area (Å²) in [5.41, 5.74) is 3.18. The minimum Gasteiger partial charge on any atom is -0.342 e. The average Bonchev–Trinajstić information content (AvgIpc) is 2.52. The van der Waals surface area contributed by atoms with E-state index in [-0.39, 0.29) is 0 Å². The number of halogens is 1. The number of rotatable bonds is 3. The standard InChI is InChI=1S/C16H12BrN3S/c17-14-15(12-4-2-1-3-5-12)19-13(20-16(14)21)10-11-6-8-18-9-7-11/h1-9H,10H2,(H,19,20,21). The molecule has 1 aromatic carbocycles. The number of aromatic nitrogens is 3. The fraction of sp³-hybridized carbons (Fsp3) is 0.0625. The van der Waals surface area contributed by atoms with E-state index in [0.717, 1.165) is 27.1 Å². The van der Waals surface area contributed by atoms with Gasteiger partial charge in [0.25, 0.3) is 0 Å². The maximum absolute atomic E-state index is 5.35. The Morgan fingerprint density at radius 1 is 1.05 bits per heavy atom. The summed E-state index contributed by atoms with van der Waals surface area (Å²) in [6, 6.07) is 14.0. The molecule has 0 atom stereocenters. The second-order valence-corrected chi connectivity index (χ2v) is 5.76. The van der Waals surface area contributed by atoms with E-state index < -0.39 is 0 Å². The first kappa shape index (κ1) is 14.1. The van der Waals surface area contributed by atoms with Gasteiger partial charge in [-0.05, 0) is 39.2 Å². The first-order valence-electron chi connectivity index (χ1n) is 6.47. The topological polar surface area (TPSA) is 41.6 Å². The van der Waals surface area contributed by atoms with Crippen LogP contribution in [0.15, 0.2) is 59.3 Å². The molecule has 3 aromatic rings. The van der Waals surface area contributed by atoms with Crippen molar-refractivity contribution in [3.05, 3.63) is 75.4 Å². The summed E-state index contributed by atoms with van der Waals surface area (Å²) in [6.45, 7) is 0. The fourth-order valence-electron chi connectivity index (χ4n) is 2.09. The third kappa shape index (κ3) is 3.25. The minimum atomic E-state index is 0.566. The summed E-state index contributed by atoms with van der Waals surface area (Å²) in [5.74, 6) is 0.841. The molecule has 104 valence electrons. The summed E-state index contributed by atoms with van der Waals surface area (Å²) < 4.78 is 1.39. The molecule has 0 radical (unpaired) electrons. The third-order valence-electron chi connectivity index (χ3n) is 3.10. The monoisotopic (exact) mass is 357 g/mol. The molecule has 0 amide bonds. The molecule has 2 aromatic heterocycles. The van der Waals surface area contributed by atoms with Gasteiger partial charge in [-0.15, -0.1) is 0 Å². The second kappa shape index (κ2) is 6.28. The predicted molar refractivity (Wildman–Crippen MR) is 89.6 cm³/mol. The molecular formula is C16H12BrN3S. The zero-order valence-electron chi connectivity index (χ0n) is 11.1. The van der Waals surface area contributed by atoms with Crippen molar-refractivity contribution in [3.63, 3.8) is 0 Å².